The van der Waals surface area contributed by atoms with E-state index < -0.39 is 0 Å². The SMILES string of the molecule is CC(C)n1nccc1NC(=O)c1cccnc1Sc1ccc(Br)cc1. The standard InChI is InChI=1S/C18H17BrN4OS/c1-12(2)23-16(9-11-21-23)22-17(24)15-4-3-10-20-18(15)25-14-7-5-13(19)6-8-14/h3-12H,1-2H3,(H,22,24). The van der Waals surface area contributed by atoms with Crippen LogP contribution in [0.5, 0.6) is 0 Å². The Hall–Kier alpha value is -2.12. The van der Waals surface area contributed by atoms with Gasteiger partial charge in [0.05, 0.1) is 11.8 Å². The summed E-state index contributed by atoms with van der Waals surface area (Å²) < 4.78 is 2.79. The zero-order valence-corrected chi connectivity index (χ0v) is 16.2. The molecule has 0 fully saturated rings. The molecule has 3 aromatic rings. The third-order valence-electron chi connectivity index (χ3n) is 3.44. The molecule has 0 saturated carbocycles. The van der Waals surface area contributed by atoms with E-state index in [2.05, 4.69) is 31.3 Å². The fraction of sp³-hybridized carbons (Fsp3) is 0.167. The van der Waals surface area contributed by atoms with Gasteiger partial charge in [-0.3, -0.25) is 4.79 Å². The second kappa shape index (κ2) is 7.84. The summed E-state index contributed by atoms with van der Waals surface area (Å²) in [6.07, 6.45) is 3.37. The van der Waals surface area contributed by atoms with Crippen LogP contribution in [0.3, 0.4) is 0 Å². The van der Waals surface area contributed by atoms with Gasteiger partial charge in [-0.1, -0.05) is 27.7 Å². The second-order valence-electron chi connectivity index (χ2n) is 5.62. The highest BCUT2D eigenvalue weighted by atomic mass is 79.9. The number of aromatic nitrogens is 3. The Balaban J connectivity index is 1.83. The minimum Gasteiger partial charge on any atom is -0.307 e. The smallest absolute Gasteiger partial charge is 0.259 e. The summed E-state index contributed by atoms with van der Waals surface area (Å²) in [5.74, 6) is 0.471. The van der Waals surface area contributed by atoms with E-state index in [1.165, 1.54) is 11.8 Å². The van der Waals surface area contributed by atoms with Gasteiger partial charge in [0.2, 0.25) is 0 Å². The third kappa shape index (κ3) is 4.29. The number of pyridine rings is 1. The molecule has 0 aliphatic rings. The Kier molecular flexibility index (Phi) is 5.55. The molecule has 3 rings (SSSR count). The number of anilines is 1. The zero-order chi connectivity index (χ0) is 17.8. The first kappa shape index (κ1) is 17.7. The van der Waals surface area contributed by atoms with Crippen molar-refractivity contribution < 1.29 is 4.79 Å². The molecule has 0 spiro atoms. The lowest BCUT2D eigenvalue weighted by Gasteiger charge is -2.13. The summed E-state index contributed by atoms with van der Waals surface area (Å²) in [5.41, 5.74) is 0.534. The number of benzene rings is 1. The lowest BCUT2D eigenvalue weighted by atomic mass is 10.2. The van der Waals surface area contributed by atoms with Crippen LogP contribution >= 0.6 is 27.7 Å². The molecule has 2 aromatic heterocycles. The van der Waals surface area contributed by atoms with Gasteiger partial charge in [-0.05, 0) is 50.2 Å². The summed E-state index contributed by atoms with van der Waals surface area (Å²) in [6, 6.07) is 13.4. The minimum absolute atomic E-state index is 0.163. The van der Waals surface area contributed by atoms with E-state index in [-0.39, 0.29) is 11.9 Å². The van der Waals surface area contributed by atoms with Gasteiger partial charge in [0.25, 0.3) is 5.91 Å². The molecule has 25 heavy (non-hydrogen) atoms. The van der Waals surface area contributed by atoms with Crippen LogP contribution in [0, 0.1) is 0 Å². The molecular weight excluding hydrogens is 400 g/mol. The number of nitrogens with zero attached hydrogens (tertiary/aromatic N) is 3. The van der Waals surface area contributed by atoms with Gasteiger partial charge in [0.1, 0.15) is 10.8 Å². The van der Waals surface area contributed by atoms with Gasteiger partial charge in [0.15, 0.2) is 0 Å². The van der Waals surface area contributed by atoms with Crippen molar-refractivity contribution in [1.82, 2.24) is 14.8 Å². The van der Waals surface area contributed by atoms with Gasteiger partial charge in [-0.2, -0.15) is 5.10 Å². The van der Waals surface area contributed by atoms with Crippen molar-refractivity contribution >= 4 is 39.4 Å². The lowest BCUT2D eigenvalue weighted by molar-refractivity contribution is 0.102. The Morgan fingerprint density at radius 3 is 2.64 bits per heavy atom. The van der Waals surface area contributed by atoms with Gasteiger partial charge in [0, 0.05) is 27.7 Å². The first-order valence-corrected chi connectivity index (χ1v) is 9.39. The van der Waals surface area contributed by atoms with Gasteiger partial charge < -0.3 is 5.32 Å². The number of carbonyl (C=O) groups excluding carboxylic acids is 1. The van der Waals surface area contributed by atoms with Crippen LogP contribution in [0.25, 0.3) is 0 Å². The van der Waals surface area contributed by atoms with Crippen LogP contribution in [0.15, 0.2) is 69.3 Å². The van der Waals surface area contributed by atoms with Crippen LogP contribution in [-0.2, 0) is 0 Å². The topological polar surface area (TPSA) is 59.8 Å². The zero-order valence-electron chi connectivity index (χ0n) is 13.8. The number of carbonyl (C=O) groups is 1. The predicted octanol–water partition coefficient (Wildman–Crippen LogP) is 5.03. The van der Waals surface area contributed by atoms with Crippen LogP contribution in [0.2, 0.25) is 0 Å². The minimum atomic E-state index is -0.199. The quantitative estimate of drug-likeness (QED) is 0.633. The van der Waals surface area contributed by atoms with E-state index in [1.807, 2.05) is 38.1 Å². The first-order chi connectivity index (χ1) is 12.0. The lowest BCUT2D eigenvalue weighted by Crippen LogP contribution is -2.17. The molecule has 2 heterocycles. The number of amides is 1. The molecule has 0 unspecified atom stereocenters. The van der Waals surface area contributed by atoms with Crippen LogP contribution in [0.1, 0.15) is 30.2 Å². The van der Waals surface area contributed by atoms with E-state index in [1.54, 1.807) is 35.3 Å². The van der Waals surface area contributed by atoms with E-state index in [4.69, 9.17) is 0 Å². The average Bonchev–Trinajstić information content (AvgIpc) is 3.06. The van der Waals surface area contributed by atoms with Crippen molar-refractivity contribution in [1.29, 1.82) is 0 Å². The molecule has 0 bridgehead atoms. The summed E-state index contributed by atoms with van der Waals surface area (Å²) in [4.78, 5) is 18.1. The molecule has 1 amide bonds. The normalized spacial score (nSPS) is 10.9. The number of rotatable bonds is 5. The van der Waals surface area contributed by atoms with E-state index in [0.717, 1.165) is 9.37 Å². The molecule has 1 aromatic carbocycles. The first-order valence-electron chi connectivity index (χ1n) is 7.78. The Morgan fingerprint density at radius 1 is 1.16 bits per heavy atom. The van der Waals surface area contributed by atoms with Crippen molar-refractivity contribution in [2.45, 2.75) is 29.8 Å². The highest BCUT2D eigenvalue weighted by molar-refractivity contribution is 9.10. The molecule has 0 radical (unpaired) electrons. The highest BCUT2D eigenvalue weighted by Crippen LogP contribution is 2.30. The Morgan fingerprint density at radius 2 is 1.92 bits per heavy atom. The summed E-state index contributed by atoms with van der Waals surface area (Å²) in [6.45, 7) is 4.03. The molecular formula is C18H17BrN4OS. The fourth-order valence-corrected chi connectivity index (χ4v) is 3.41. The molecule has 0 aliphatic heterocycles. The maximum Gasteiger partial charge on any atom is 0.259 e. The Labute approximate surface area is 159 Å². The predicted molar refractivity (Wildman–Crippen MR) is 103 cm³/mol. The van der Waals surface area contributed by atoms with Crippen LogP contribution < -0.4 is 5.32 Å². The van der Waals surface area contributed by atoms with Crippen molar-refractivity contribution in [2.75, 3.05) is 5.32 Å². The van der Waals surface area contributed by atoms with Crippen LogP contribution in [-0.4, -0.2) is 20.7 Å². The number of nitrogens with one attached hydrogen (secondary N) is 1. The third-order valence-corrected chi connectivity index (χ3v) is 5.00. The number of hydrogen-bond acceptors (Lipinski definition) is 4. The molecule has 7 heteroatoms. The van der Waals surface area contributed by atoms with E-state index in [9.17, 15) is 4.79 Å². The van der Waals surface area contributed by atoms with Crippen molar-refractivity contribution in [3.8, 4) is 0 Å². The van der Waals surface area contributed by atoms with Crippen molar-refractivity contribution in [2.24, 2.45) is 0 Å². The maximum atomic E-state index is 12.7. The molecule has 0 aliphatic carbocycles. The number of hydrogen-bond donors (Lipinski definition) is 1. The molecule has 5 nitrogen and oxygen atoms in total. The van der Waals surface area contributed by atoms with Crippen molar-refractivity contribution in [3.05, 3.63) is 64.9 Å². The molecule has 1 N–H and O–H groups in total. The average molecular weight is 417 g/mol. The van der Waals surface area contributed by atoms with Crippen molar-refractivity contribution in [3.63, 3.8) is 0 Å². The Bertz CT molecular complexity index is 877. The van der Waals surface area contributed by atoms with E-state index in [0.29, 0.717) is 16.4 Å². The van der Waals surface area contributed by atoms with Gasteiger partial charge in [-0.15, -0.1) is 0 Å². The van der Waals surface area contributed by atoms with Gasteiger partial charge >= 0.3 is 0 Å². The van der Waals surface area contributed by atoms with Gasteiger partial charge in [-0.25, -0.2) is 9.67 Å². The monoisotopic (exact) mass is 416 g/mol. The second-order valence-corrected chi connectivity index (χ2v) is 7.60. The molecule has 0 atom stereocenters. The van der Waals surface area contributed by atoms with Crippen LogP contribution in [0.4, 0.5) is 5.82 Å². The fourth-order valence-electron chi connectivity index (χ4n) is 2.27. The molecule has 0 saturated heterocycles. The summed E-state index contributed by atoms with van der Waals surface area (Å²) in [5, 5.41) is 7.83. The summed E-state index contributed by atoms with van der Waals surface area (Å²) in [7, 11) is 0. The maximum absolute atomic E-state index is 12.7. The van der Waals surface area contributed by atoms with E-state index >= 15 is 0 Å². The largest absolute Gasteiger partial charge is 0.307 e. The summed E-state index contributed by atoms with van der Waals surface area (Å²) >= 11 is 4.88. The highest BCUT2D eigenvalue weighted by Gasteiger charge is 2.16. The molecule has 128 valence electrons. The number of halogens is 1.